The van der Waals surface area contributed by atoms with Gasteiger partial charge in [0.15, 0.2) is 0 Å². The summed E-state index contributed by atoms with van der Waals surface area (Å²) in [7, 11) is 0. The Morgan fingerprint density at radius 3 is 1.74 bits per heavy atom. The van der Waals surface area contributed by atoms with Crippen LogP contribution in [0.1, 0.15) is 21.0 Å². The van der Waals surface area contributed by atoms with Gasteiger partial charge in [-0.25, -0.2) is 9.97 Å². The topological polar surface area (TPSA) is 181 Å². The molecule has 38 heavy (non-hydrogen) atoms. The van der Waals surface area contributed by atoms with Gasteiger partial charge in [-0.1, -0.05) is 31.9 Å². The summed E-state index contributed by atoms with van der Waals surface area (Å²) in [5.41, 5.74) is 7.51. The van der Waals surface area contributed by atoms with Crippen molar-refractivity contribution in [1.29, 1.82) is 0 Å². The van der Waals surface area contributed by atoms with Crippen molar-refractivity contribution in [3.63, 3.8) is 0 Å². The van der Waals surface area contributed by atoms with Gasteiger partial charge in [-0.15, -0.1) is 0 Å². The molecular weight excluding hydrogens is 648 g/mol. The second-order valence-electron chi connectivity index (χ2n) is 7.90. The molecule has 2 aliphatic heterocycles. The van der Waals surface area contributed by atoms with Gasteiger partial charge in [0.1, 0.15) is 47.7 Å². The van der Waals surface area contributed by atoms with Crippen LogP contribution in [0.15, 0.2) is 57.7 Å². The van der Waals surface area contributed by atoms with Gasteiger partial charge < -0.3 is 36.0 Å². The molecule has 2 aromatic heterocycles. The number of benzene rings is 2. The second-order valence-corrected chi connectivity index (χ2v) is 10.1. The Morgan fingerprint density at radius 2 is 1.29 bits per heavy atom. The number of hydrogen-bond donors (Lipinski definition) is 2. The molecule has 7 N–H and O–H groups in total. The third kappa shape index (κ3) is 5.92. The predicted octanol–water partition coefficient (Wildman–Crippen LogP) is 4.23. The number of carbonyl (C=O) groups is 2. The number of carbonyl (C=O) groups excluding carboxylic acids is 2. The number of primary amides is 1. The molecule has 4 aromatic rings. The lowest BCUT2D eigenvalue weighted by Crippen LogP contribution is -2.11. The molecule has 6 rings (SSSR count). The van der Waals surface area contributed by atoms with Gasteiger partial charge in [-0.3, -0.25) is 9.59 Å². The number of nitrogens with two attached hydrogens (primary N) is 1. The highest BCUT2D eigenvalue weighted by atomic mass is 79.9. The lowest BCUT2D eigenvalue weighted by Gasteiger charge is -2.05. The summed E-state index contributed by atoms with van der Waals surface area (Å²) in [4.78, 5) is 30.9. The van der Waals surface area contributed by atoms with Crippen molar-refractivity contribution in [3.8, 4) is 34.3 Å². The van der Waals surface area contributed by atoms with Crippen LogP contribution in [0.3, 0.4) is 0 Å². The van der Waals surface area contributed by atoms with Crippen LogP contribution in [0.25, 0.3) is 22.8 Å². The molecule has 0 radical (unpaired) electrons. The van der Waals surface area contributed by atoms with Crippen molar-refractivity contribution in [2.24, 2.45) is 5.73 Å². The number of nitrogens with zero attached hydrogens (tertiary/aromatic N) is 4. The fraction of sp³-hybridized carbons (Fsp3) is 0.167. The molecule has 0 atom stereocenters. The molecule has 0 fully saturated rings. The number of rotatable bonds is 2. The molecule has 11 nitrogen and oxygen atoms in total. The normalized spacial score (nSPS) is 12.5. The maximum atomic E-state index is 11.2. The molecule has 0 unspecified atom stereocenters. The minimum Gasteiger partial charge on any atom is -0.491 e. The minimum absolute atomic E-state index is 0. The molecule has 0 saturated carbocycles. The number of halogens is 3. The molecule has 2 aliphatic rings. The quantitative estimate of drug-likeness (QED) is 0.300. The SMILES string of the molecule is N.NC(=O)c1cn2c(n1)-c1cc(Br)ccc1OCC2.O.O=C(Cl)c1cn2c(n1)-c1cc(Br)ccc1OCC2. The van der Waals surface area contributed by atoms with Crippen molar-refractivity contribution < 1.29 is 24.5 Å². The first kappa shape index (κ1) is 29.3. The maximum absolute atomic E-state index is 11.2. The predicted molar refractivity (Wildman–Crippen MR) is 149 cm³/mol. The Bertz CT molecular complexity index is 1390. The zero-order valence-electron chi connectivity index (χ0n) is 19.8. The van der Waals surface area contributed by atoms with Gasteiger partial charge in [0.25, 0.3) is 11.1 Å². The minimum atomic E-state index is -0.548. The van der Waals surface area contributed by atoms with Crippen molar-refractivity contribution in [3.05, 3.63) is 69.1 Å². The zero-order chi connectivity index (χ0) is 25.4. The average molecular weight is 671 g/mol. The van der Waals surface area contributed by atoms with Gasteiger partial charge in [0, 0.05) is 21.3 Å². The van der Waals surface area contributed by atoms with Gasteiger partial charge in [-0.2, -0.15) is 0 Å². The molecule has 0 bridgehead atoms. The van der Waals surface area contributed by atoms with E-state index in [4.69, 9.17) is 26.8 Å². The highest BCUT2D eigenvalue weighted by molar-refractivity contribution is 9.10. The Labute approximate surface area is 239 Å². The molecule has 4 heterocycles. The van der Waals surface area contributed by atoms with Crippen molar-refractivity contribution in [1.82, 2.24) is 25.3 Å². The molecule has 2 aromatic carbocycles. The molecule has 0 aliphatic carbocycles. The second kappa shape index (κ2) is 12.1. The van der Waals surface area contributed by atoms with Gasteiger partial charge in [0.05, 0.1) is 24.2 Å². The van der Waals surface area contributed by atoms with Crippen LogP contribution in [0.2, 0.25) is 0 Å². The fourth-order valence-corrected chi connectivity index (χ4v) is 4.74. The molecule has 0 saturated heterocycles. The highest BCUT2D eigenvalue weighted by Gasteiger charge is 2.21. The first-order chi connectivity index (χ1) is 17.3. The van der Waals surface area contributed by atoms with E-state index in [-0.39, 0.29) is 23.0 Å². The summed E-state index contributed by atoms with van der Waals surface area (Å²) < 4.78 is 16.9. The van der Waals surface area contributed by atoms with E-state index in [0.717, 1.165) is 31.6 Å². The lowest BCUT2D eigenvalue weighted by molar-refractivity contribution is 0.0995. The van der Waals surface area contributed by atoms with Crippen LogP contribution in [0.4, 0.5) is 0 Å². The van der Waals surface area contributed by atoms with Crippen LogP contribution in [-0.4, -0.2) is 48.9 Å². The third-order valence-electron chi connectivity index (χ3n) is 5.55. The van der Waals surface area contributed by atoms with Gasteiger partial charge >= 0.3 is 0 Å². The number of hydrogen-bond acceptors (Lipinski definition) is 7. The summed E-state index contributed by atoms with van der Waals surface area (Å²) in [6.07, 6.45) is 3.32. The standard InChI is InChI=1S/C12H8BrClN2O2.C12H10BrN3O2.H3N.H2O/c2*13-7-1-2-10-8(5-7)12-15-9(11(14)17)6-16(12)3-4-18-10;;/h1-2,5-6H,3-4H2;1-2,5-6H,3-4H2,(H2,14,17);1H3;1H2. The Hall–Kier alpha value is -3.23. The number of amides is 1. The number of fused-ring (bicyclic) bond motifs is 6. The summed E-state index contributed by atoms with van der Waals surface area (Å²) in [6, 6.07) is 11.4. The third-order valence-corrected chi connectivity index (χ3v) is 6.73. The van der Waals surface area contributed by atoms with E-state index < -0.39 is 11.1 Å². The maximum Gasteiger partial charge on any atom is 0.272 e. The Morgan fingerprint density at radius 1 is 0.842 bits per heavy atom. The fourth-order valence-electron chi connectivity index (χ4n) is 3.93. The van der Waals surface area contributed by atoms with E-state index in [1.54, 1.807) is 12.4 Å². The Kier molecular flexibility index (Phi) is 9.33. The molecule has 0 spiro atoms. The number of ether oxygens (including phenoxy) is 2. The van der Waals surface area contributed by atoms with Crippen molar-refractivity contribution in [2.45, 2.75) is 13.1 Å². The van der Waals surface area contributed by atoms with Gasteiger partial charge in [0.2, 0.25) is 0 Å². The average Bonchev–Trinajstić information content (AvgIpc) is 3.38. The molecule has 14 heteroatoms. The van der Waals surface area contributed by atoms with Gasteiger partial charge in [-0.05, 0) is 48.0 Å². The number of imidazole rings is 2. The van der Waals surface area contributed by atoms with Crippen LogP contribution in [0.5, 0.6) is 11.5 Å². The van der Waals surface area contributed by atoms with E-state index in [9.17, 15) is 9.59 Å². The van der Waals surface area contributed by atoms with Crippen molar-refractivity contribution in [2.75, 3.05) is 13.2 Å². The number of aromatic nitrogens is 4. The van der Waals surface area contributed by atoms with Crippen LogP contribution in [0, 0.1) is 0 Å². The molecule has 1 amide bonds. The summed E-state index contributed by atoms with van der Waals surface area (Å²) in [6.45, 7) is 2.35. The van der Waals surface area contributed by atoms with E-state index in [2.05, 4.69) is 41.8 Å². The highest BCUT2D eigenvalue weighted by Crippen LogP contribution is 2.35. The zero-order valence-corrected chi connectivity index (χ0v) is 23.7. The molecular formula is C24H23Br2ClN6O5. The lowest BCUT2D eigenvalue weighted by atomic mass is 10.2. The smallest absolute Gasteiger partial charge is 0.272 e. The molecule has 200 valence electrons. The van der Waals surface area contributed by atoms with Crippen LogP contribution in [-0.2, 0) is 13.1 Å². The van der Waals surface area contributed by atoms with E-state index >= 15 is 0 Å². The largest absolute Gasteiger partial charge is 0.491 e. The van der Waals surface area contributed by atoms with Crippen LogP contribution >= 0.6 is 43.5 Å². The first-order valence-electron chi connectivity index (χ1n) is 10.8. The monoisotopic (exact) mass is 668 g/mol. The van der Waals surface area contributed by atoms with E-state index in [1.807, 2.05) is 45.5 Å². The summed E-state index contributed by atoms with van der Waals surface area (Å²) in [5, 5.41) is -0.548. The summed E-state index contributed by atoms with van der Waals surface area (Å²) >= 11 is 12.3. The van der Waals surface area contributed by atoms with E-state index in [0.29, 0.717) is 38.0 Å². The van der Waals surface area contributed by atoms with E-state index in [1.165, 1.54) is 0 Å². The van der Waals surface area contributed by atoms with Crippen molar-refractivity contribution >= 4 is 54.6 Å². The Balaban J connectivity index is 0.000000200. The first-order valence-corrected chi connectivity index (χ1v) is 12.8. The summed E-state index contributed by atoms with van der Waals surface area (Å²) in [5.74, 6) is 2.41. The van der Waals surface area contributed by atoms with Crippen LogP contribution < -0.4 is 21.4 Å².